The molecule has 3 saturated carbocycles. The Morgan fingerprint density at radius 3 is 2.58 bits per heavy atom. The second-order valence-corrected chi connectivity index (χ2v) is 6.54. The fourth-order valence-corrected chi connectivity index (χ4v) is 4.59. The molecule has 5 nitrogen and oxygen atoms in total. The summed E-state index contributed by atoms with van der Waals surface area (Å²) >= 11 is 0. The molecule has 5 heteroatoms. The van der Waals surface area contributed by atoms with E-state index in [0.29, 0.717) is 25.0 Å². The predicted molar refractivity (Wildman–Crippen MR) is 68.5 cm³/mol. The molecular weight excluding hydrogens is 244 g/mol. The van der Waals surface area contributed by atoms with Gasteiger partial charge in [-0.2, -0.15) is 0 Å². The summed E-state index contributed by atoms with van der Waals surface area (Å²) in [7, 11) is 0. The van der Waals surface area contributed by atoms with Crippen LogP contribution in [0, 0.1) is 28.6 Å². The van der Waals surface area contributed by atoms with Crippen LogP contribution in [0.1, 0.15) is 33.1 Å². The average Bonchev–Trinajstić information content (AvgIpc) is 2.81. The number of fused-ring (bicyclic) bond motifs is 2. The summed E-state index contributed by atoms with van der Waals surface area (Å²) in [6.45, 7) is 5.74. The second kappa shape index (κ2) is 4.19. The minimum absolute atomic E-state index is 0.0445. The minimum atomic E-state index is -0.461. The lowest BCUT2D eigenvalue weighted by Gasteiger charge is -2.60. The van der Waals surface area contributed by atoms with Crippen molar-refractivity contribution in [2.75, 3.05) is 13.2 Å². The number of nitrogens with zero attached hydrogens (tertiary/aromatic N) is 2. The highest BCUT2D eigenvalue weighted by Gasteiger charge is 2.64. The average molecular weight is 265 g/mol. The third-order valence-corrected chi connectivity index (χ3v) is 5.44. The van der Waals surface area contributed by atoms with Gasteiger partial charge in [0, 0.05) is 17.8 Å². The molecule has 0 aromatic carbocycles. The molecule has 0 unspecified atom stereocenters. The van der Waals surface area contributed by atoms with Crippen LogP contribution in [-0.4, -0.2) is 24.1 Å². The zero-order valence-electron chi connectivity index (χ0n) is 11.5. The van der Waals surface area contributed by atoms with Crippen LogP contribution >= 0.6 is 0 Å². The number of hydrogen-bond donors (Lipinski definition) is 1. The van der Waals surface area contributed by atoms with Gasteiger partial charge < -0.3 is 14.6 Å². The van der Waals surface area contributed by atoms with Crippen LogP contribution in [0.2, 0.25) is 0 Å². The number of allylic oxidation sites excluding steroid dienone is 1. The van der Waals surface area contributed by atoms with E-state index in [1.165, 1.54) is 0 Å². The van der Waals surface area contributed by atoms with E-state index in [1.54, 1.807) is 0 Å². The van der Waals surface area contributed by atoms with Crippen molar-refractivity contribution >= 4 is 0 Å². The number of aliphatic hydroxyl groups excluding tert-OH is 1. The Bertz CT molecular complexity index is 450. The van der Waals surface area contributed by atoms with E-state index in [0.717, 1.165) is 25.5 Å². The molecule has 104 valence electrons. The van der Waals surface area contributed by atoms with Crippen LogP contribution in [0.5, 0.6) is 0 Å². The molecule has 4 atom stereocenters. The van der Waals surface area contributed by atoms with E-state index in [2.05, 4.69) is 18.8 Å². The molecule has 0 amide bonds. The number of aliphatic hydroxyl groups is 1. The van der Waals surface area contributed by atoms with Crippen LogP contribution in [0.25, 0.3) is 4.98 Å². The lowest BCUT2D eigenvalue weighted by molar-refractivity contribution is -0.298. The lowest BCUT2D eigenvalue weighted by atomic mass is 9.50. The van der Waals surface area contributed by atoms with Crippen molar-refractivity contribution in [1.82, 2.24) is 0 Å². The molecule has 2 bridgehead atoms. The van der Waals surface area contributed by atoms with Crippen molar-refractivity contribution < 1.29 is 14.6 Å². The maximum atomic E-state index is 10.1. The number of rotatable bonds is 1. The Labute approximate surface area is 113 Å². The third-order valence-electron chi connectivity index (χ3n) is 5.44. The molecule has 1 N–H and O–H groups in total. The summed E-state index contributed by atoms with van der Waals surface area (Å²) < 4.78 is 11.9. The van der Waals surface area contributed by atoms with Crippen LogP contribution in [0.15, 0.2) is 12.0 Å². The van der Waals surface area contributed by atoms with Crippen LogP contribution in [0.3, 0.4) is 0 Å². The normalized spacial score (nSPS) is 44.5. The first-order valence-corrected chi connectivity index (χ1v) is 7.02. The van der Waals surface area contributed by atoms with Gasteiger partial charge in [0.15, 0.2) is 16.5 Å². The molecule has 0 aromatic heterocycles. The molecular formula is C14H21N2O3+. The molecule has 4 fully saturated rings. The summed E-state index contributed by atoms with van der Waals surface area (Å²) in [5, 5.41) is 18.7. The maximum absolute atomic E-state index is 10.1. The van der Waals surface area contributed by atoms with Gasteiger partial charge in [-0.3, -0.25) is 0 Å². The lowest BCUT2D eigenvalue weighted by Crippen LogP contribution is -2.60. The van der Waals surface area contributed by atoms with Gasteiger partial charge in [0.25, 0.3) is 0 Å². The standard InChI is InChI=1S/C14H20N2O3/c1-9-5-13(2)6-11(12(17)8-16-15)10(9)7-14(13)18-3-4-19-14/h8-11H,3-7H2,1-2H3/p+1/b12-8-/t9-,10-,11-,13+/m1/s1. The molecule has 1 spiro atoms. The topological polar surface area (TPSA) is 66.8 Å². The van der Waals surface area contributed by atoms with Gasteiger partial charge in [0.1, 0.15) is 0 Å². The SMILES string of the molecule is C[C@@H]1C[C@@]2(C)C[C@@H](/C(O)=C/[N+]#N)[C@@H]1CC21OCCO1. The van der Waals surface area contributed by atoms with Gasteiger partial charge in [-0.15, -0.1) is 0 Å². The molecule has 3 aliphatic carbocycles. The molecule has 1 heterocycles. The van der Waals surface area contributed by atoms with E-state index >= 15 is 0 Å². The largest absolute Gasteiger partial charge is 0.505 e. The van der Waals surface area contributed by atoms with Crippen molar-refractivity contribution in [3.05, 3.63) is 16.9 Å². The smallest absolute Gasteiger partial charge is 0.387 e. The number of diazo groups is 1. The van der Waals surface area contributed by atoms with Crippen molar-refractivity contribution in [2.45, 2.75) is 38.9 Å². The highest BCUT2D eigenvalue weighted by atomic mass is 16.7. The fraction of sp³-hybridized carbons (Fsp3) is 0.857. The molecule has 1 aliphatic heterocycles. The van der Waals surface area contributed by atoms with Gasteiger partial charge in [-0.1, -0.05) is 13.8 Å². The molecule has 1 saturated heterocycles. The summed E-state index contributed by atoms with van der Waals surface area (Å²) in [4.78, 5) is 2.96. The van der Waals surface area contributed by atoms with Crippen molar-refractivity contribution in [3.8, 4) is 0 Å². The van der Waals surface area contributed by atoms with E-state index in [1.807, 2.05) is 0 Å². The van der Waals surface area contributed by atoms with Crippen molar-refractivity contribution in [1.29, 1.82) is 5.39 Å². The zero-order chi connectivity index (χ0) is 13.7. The highest BCUT2D eigenvalue weighted by Crippen LogP contribution is 2.63. The zero-order valence-corrected chi connectivity index (χ0v) is 11.5. The Balaban J connectivity index is 1.94. The van der Waals surface area contributed by atoms with Crippen molar-refractivity contribution in [3.63, 3.8) is 0 Å². The van der Waals surface area contributed by atoms with Gasteiger partial charge in [-0.05, 0) is 24.7 Å². The third kappa shape index (κ3) is 1.70. The molecule has 4 aliphatic rings. The van der Waals surface area contributed by atoms with E-state index in [-0.39, 0.29) is 17.1 Å². The van der Waals surface area contributed by atoms with Gasteiger partial charge in [0.05, 0.1) is 13.2 Å². The van der Waals surface area contributed by atoms with E-state index < -0.39 is 5.79 Å². The predicted octanol–water partition coefficient (Wildman–Crippen LogP) is 3.05. The first-order chi connectivity index (χ1) is 9.01. The van der Waals surface area contributed by atoms with E-state index in [9.17, 15) is 5.11 Å². The maximum Gasteiger partial charge on any atom is 0.387 e. The summed E-state index contributed by atoms with van der Waals surface area (Å²) in [5.41, 5.74) is -0.0837. The highest BCUT2D eigenvalue weighted by molar-refractivity contribution is 5.15. The Hall–Kier alpha value is -1.12. The Morgan fingerprint density at radius 2 is 2.00 bits per heavy atom. The summed E-state index contributed by atoms with van der Waals surface area (Å²) in [6, 6.07) is 0. The summed E-state index contributed by atoms with van der Waals surface area (Å²) in [6.07, 6.45) is 3.85. The van der Waals surface area contributed by atoms with Crippen LogP contribution in [-0.2, 0) is 9.47 Å². The number of ether oxygens (including phenoxy) is 2. The summed E-state index contributed by atoms with van der Waals surface area (Å²) in [5.74, 6) is 0.590. The molecule has 0 aromatic rings. The molecule has 0 radical (unpaired) electrons. The first kappa shape index (κ1) is 12.9. The molecule has 4 rings (SSSR count). The van der Waals surface area contributed by atoms with Crippen LogP contribution in [0.4, 0.5) is 0 Å². The van der Waals surface area contributed by atoms with Crippen molar-refractivity contribution in [2.24, 2.45) is 23.2 Å². The Morgan fingerprint density at radius 1 is 1.32 bits per heavy atom. The van der Waals surface area contributed by atoms with Crippen LogP contribution < -0.4 is 0 Å². The first-order valence-electron chi connectivity index (χ1n) is 7.02. The number of hydrogen-bond acceptors (Lipinski definition) is 4. The molecule has 19 heavy (non-hydrogen) atoms. The quantitative estimate of drug-likeness (QED) is 0.584. The van der Waals surface area contributed by atoms with E-state index in [4.69, 9.17) is 14.9 Å². The monoisotopic (exact) mass is 265 g/mol. The fourth-order valence-electron chi connectivity index (χ4n) is 4.59. The van der Waals surface area contributed by atoms with Gasteiger partial charge in [0.2, 0.25) is 5.39 Å². The van der Waals surface area contributed by atoms with Gasteiger partial charge in [-0.25, -0.2) is 0 Å². The van der Waals surface area contributed by atoms with Gasteiger partial charge >= 0.3 is 6.20 Å². The Kier molecular flexibility index (Phi) is 2.84. The minimum Gasteiger partial charge on any atom is -0.505 e. The second-order valence-electron chi connectivity index (χ2n) is 6.54.